The molecule has 1 heterocycles. The Balaban J connectivity index is 1.77. The first-order valence-electron chi connectivity index (χ1n) is 6.65. The molecule has 0 spiro atoms. The van der Waals surface area contributed by atoms with Gasteiger partial charge in [-0.1, -0.05) is 6.92 Å². The fourth-order valence-corrected chi connectivity index (χ4v) is 1.89. The van der Waals surface area contributed by atoms with Gasteiger partial charge in [0.25, 0.3) is 0 Å². The van der Waals surface area contributed by atoms with Gasteiger partial charge in [-0.3, -0.25) is 4.90 Å². The van der Waals surface area contributed by atoms with Crippen LogP contribution in [0.25, 0.3) is 0 Å². The number of ether oxygens (including phenoxy) is 1. The summed E-state index contributed by atoms with van der Waals surface area (Å²) in [5, 5.41) is 6.81. The summed E-state index contributed by atoms with van der Waals surface area (Å²) >= 11 is 0. The molecule has 0 saturated carbocycles. The third-order valence-electron chi connectivity index (χ3n) is 2.89. The van der Waals surface area contributed by atoms with Crippen LogP contribution >= 0.6 is 0 Å². The third-order valence-corrected chi connectivity index (χ3v) is 2.89. The second-order valence-electron chi connectivity index (χ2n) is 4.26. The summed E-state index contributed by atoms with van der Waals surface area (Å²) in [6.45, 7) is 11.9. The van der Waals surface area contributed by atoms with Crippen LogP contribution in [-0.2, 0) is 4.74 Å². The van der Waals surface area contributed by atoms with E-state index in [2.05, 4.69) is 22.5 Å². The average molecular weight is 229 g/mol. The van der Waals surface area contributed by atoms with Crippen molar-refractivity contribution in [2.24, 2.45) is 0 Å². The van der Waals surface area contributed by atoms with Gasteiger partial charge in [-0.25, -0.2) is 0 Å². The van der Waals surface area contributed by atoms with E-state index in [9.17, 15) is 0 Å². The number of morpholine rings is 1. The molecule has 0 aromatic heterocycles. The van der Waals surface area contributed by atoms with Crippen LogP contribution in [0.4, 0.5) is 0 Å². The standard InChI is InChI=1S/C12H27N3O/c1-2-13-5-3-6-14-7-4-8-15-9-11-16-12-10-15/h13-14H,2-12H2,1H3. The second kappa shape index (κ2) is 10.0. The van der Waals surface area contributed by atoms with E-state index in [0.29, 0.717) is 0 Å². The van der Waals surface area contributed by atoms with Crippen molar-refractivity contribution < 1.29 is 4.74 Å². The van der Waals surface area contributed by atoms with Gasteiger partial charge in [0.1, 0.15) is 0 Å². The van der Waals surface area contributed by atoms with Crippen LogP contribution in [0.15, 0.2) is 0 Å². The lowest BCUT2D eigenvalue weighted by atomic mass is 10.3. The molecule has 0 aliphatic carbocycles. The molecule has 0 amide bonds. The molecule has 96 valence electrons. The van der Waals surface area contributed by atoms with Crippen LogP contribution in [0, 0.1) is 0 Å². The lowest BCUT2D eigenvalue weighted by molar-refractivity contribution is 0.0374. The number of hydrogen-bond acceptors (Lipinski definition) is 4. The van der Waals surface area contributed by atoms with E-state index >= 15 is 0 Å². The van der Waals surface area contributed by atoms with Crippen LogP contribution in [0.3, 0.4) is 0 Å². The van der Waals surface area contributed by atoms with E-state index < -0.39 is 0 Å². The molecule has 0 unspecified atom stereocenters. The molecule has 16 heavy (non-hydrogen) atoms. The van der Waals surface area contributed by atoms with Gasteiger partial charge in [-0.05, 0) is 45.6 Å². The van der Waals surface area contributed by atoms with E-state index in [1.165, 1.54) is 19.4 Å². The summed E-state index contributed by atoms with van der Waals surface area (Å²) in [7, 11) is 0. The fourth-order valence-electron chi connectivity index (χ4n) is 1.89. The second-order valence-corrected chi connectivity index (χ2v) is 4.26. The molecular formula is C12H27N3O. The van der Waals surface area contributed by atoms with E-state index in [-0.39, 0.29) is 0 Å². The van der Waals surface area contributed by atoms with Gasteiger partial charge in [0.05, 0.1) is 13.2 Å². The van der Waals surface area contributed by atoms with Gasteiger partial charge in [0.15, 0.2) is 0 Å². The summed E-state index contributed by atoms with van der Waals surface area (Å²) in [5.41, 5.74) is 0. The van der Waals surface area contributed by atoms with Gasteiger partial charge in [-0.15, -0.1) is 0 Å². The van der Waals surface area contributed by atoms with E-state index in [4.69, 9.17) is 4.74 Å². The minimum absolute atomic E-state index is 0.913. The molecule has 0 aromatic carbocycles. The maximum atomic E-state index is 5.32. The highest BCUT2D eigenvalue weighted by molar-refractivity contribution is 4.62. The predicted octanol–water partition coefficient (Wildman–Crippen LogP) is 0.298. The number of nitrogens with zero attached hydrogens (tertiary/aromatic N) is 1. The smallest absolute Gasteiger partial charge is 0.0594 e. The van der Waals surface area contributed by atoms with Crippen molar-refractivity contribution in [3.63, 3.8) is 0 Å². The van der Waals surface area contributed by atoms with E-state index in [1.54, 1.807) is 0 Å². The maximum Gasteiger partial charge on any atom is 0.0594 e. The Morgan fingerprint density at radius 2 is 1.69 bits per heavy atom. The molecule has 1 aliphatic heterocycles. The molecule has 1 fully saturated rings. The highest BCUT2D eigenvalue weighted by atomic mass is 16.5. The molecule has 4 nitrogen and oxygen atoms in total. The number of nitrogens with one attached hydrogen (secondary N) is 2. The van der Waals surface area contributed by atoms with Gasteiger partial charge in [0.2, 0.25) is 0 Å². The maximum absolute atomic E-state index is 5.32. The summed E-state index contributed by atoms with van der Waals surface area (Å²) in [6.07, 6.45) is 2.48. The molecule has 4 heteroatoms. The minimum atomic E-state index is 0.913. The van der Waals surface area contributed by atoms with Crippen molar-refractivity contribution in [2.75, 3.05) is 59.0 Å². The Morgan fingerprint density at radius 3 is 2.44 bits per heavy atom. The lowest BCUT2D eigenvalue weighted by Gasteiger charge is -2.26. The summed E-state index contributed by atoms with van der Waals surface area (Å²) < 4.78 is 5.32. The first kappa shape index (κ1) is 13.9. The molecule has 0 bridgehead atoms. The van der Waals surface area contributed by atoms with Crippen LogP contribution in [0.5, 0.6) is 0 Å². The van der Waals surface area contributed by atoms with Crippen LogP contribution in [0.1, 0.15) is 19.8 Å². The Bertz CT molecular complexity index is 149. The molecular weight excluding hydrogens is 202 g/mol. The molecule has 0 atom stereocenters. The predicted molar refractivity (Wildman–Crippen MR) is 67.9 cm³/mol. The third kappa shape index (κ3) is 7.17. The summed E-state index contributed by atoms with van der Waals surface area (Å²) in [6, 6.07) is 0. The topological polar surface area (TPSA) is 36.5 Å². The zero-order valence-corrected chi connectivity index (χ0v) is 10.6. The quantitative estimate of drug-likeness (QED) is 0.558. The Labute approximate surface area is 99.7 Å². The molecule has 2 N–H and O–H groups in total. The van der Waals surface area contributed by atoms with E-state index in [1.807, 2.05) is 0 Å². The SMILES string of the molecule is CCNCCCNCCCN1CCOCC1. The first-order chi connectivity index (χ1) is 7.93. The van der Waals surface area contributed by atoms with Crippen molar-refractivity contribution in [1.29, 1.82) is 0 Å². The molecule has 1 rings (SSSR count). The molecule has 0 radical (unpaired) electrons. The Morgan fingerprint density at radius 1 is 1.00 bits per heavy atom. The largest absolute Gasteiger partial charge is 0.379 e. The van der Waals surface area contributed by atoms with Gasteiger partial charge < -0.3 is 15.4 Å². The highest BCUT2D eigenvalue weighted by Gasteiger charge is 2.08. The minimum Gasteiger partial charge on any atom is -0.379 e. The fraction of sp³-hybridized carbons (Fsp3) is 1.00. The Hall–Kier alpha value is -0.160. The van der Waals surface area contributed by atoms with Crippen molar-refractivity contribution in [2.45, 2.75) is 19.8 Å². The zero-order valence-electron chi connectivity index (χ0n) is 10.6. The van der Waals surface area contributed by atoms with Gasteiger partial charge >= 0.3 is 0 Å². The number of hydrogen-bond donors (Lipinski definition) is 2. The van der Waals surface area contributed by atoms with Crippen LogP contribution in [-0.4, -0.2) is 63.9 Å². The van der Waals surface area contributed by atoms with Gasteiger partial charge in [-0.2, -0.15) is 0 Å². The van der Waals surface area contributed by atoms with Crippen molar-refractivity contribution >= 4 is 0 Å². The highest BCUT2D eigenvalue weighted by Crippen LogP contribution is 1.97. The van der Waals surface area contributed by atoms with Crippen LogP contribution < -0.4 is 10.6 Å². The zero-order chi connectivity index (χ0) is 11.5. The first-order valence-corrected chi connectivity index (χ1v) is 6.65. The number of rotatable bonds is 9. The normalized spacial score (nSPS) is 17.8. The van der Waals surface area contributed by atoms with Crippen molar-refractivity contribution in [1.82, 2.24) is 15.5 Å². The Kier molecular flexibility index (Phi) is 8.71. The molecule has 0 aromatic rings. The summed E-state index contributed by atoms with van der Waals surface area (Å²) in [5.74, 6) is 0. The van der Waals surface area contributed by atoms with Crippen LogP contribution in [0.2, 0.25) is 0 Å². The lowest BCUT2D eigenvalue weighted by Crippen LogP contribution is -2.37. The molecule has 1 aliphatic rings. The monoisotopic (exact) mass is 229 g/mol. The summed E-state index contributed by atoms with van der Waals surface area (Å²) in [4.78, 5) is 2.49. The van der Waals surface area contributed by atoms with Gasteiger partial charge in [0, 0.05) is 13.1 Å². The average Bonchev–Trinajstić information content (AvgIpc) is 2.34. The molecule has 1 saturated heterocycles. The van der Waals surface area contributed by atoms with E-state index in [0.717, 1.165) is 52.5 Å². The van der Waals surface area contributed by atoms with Crippen molar-refractivity contribution in [3.8, 4) is 0 Å². The van der Waals surface area contributed by atoms with Crippen molar-refractivity contribution in [3.05, 3.63) is 0 Å².